The van der Waals surface area contributed by atoms with Crippen molar-refractivity contribution in [2.24, 2.45) is 0 Å². The standard InChI is InChI=1S/C14H18O2/c1-2-10-16-12-8-6-11(7-9-12)13-4-3-5-14(13)15/h6-9,13H,2-5,10H2,1H3. The lowest BCUT2D eigenvalue weighted by molar-refractivity contribution is -0.118. The summed E-state index contributed by atoms with van der Waals surface area (Å²) in [5, 5.41) is 0. The number of ether oxygens (including phenoxy) is 1. The topological polar surface area (TPSA) is 26.3 Å². The Hall–Kier alpha value is -1.31. The van der Waals surface area contributed by atoms with Crippen molar-refractivity contribution in [3.8, 4) is 5.75 Å². The van der Waals surface area contributed by atoms with Crippen molar-refractivity contribution in [1.29, 1.82) is 0 Å². The second kappa shape index (κ2) is 5.15. The maximum Gasteiger partial charge on any atom is 0.140 e. The first-order chi connectivity index (χ1) is 7.81. The van der Waals surface area contributed by atoms with Gasteiger partial charge in [0.15, 0.2) is 0 Å². The van der Waals surface area contributed by atoms with E-state index < -0.39 is 0 Å². The fourth-order valence-corrected chi connectivity index (χ4v) is 2.18. The van der Waals surface area contributed by atoms with Gasteiger partial charge >= 0.3 is 0 Å². The van der Waals surface area contributed by atoms with Crippen LogP contribution in [0.3, 0.4) is 0 Å². The summed E-state index contributed by atoms with van der Waals surface area (Å²) in [5.74, 6) is 1.43. The van der Waals surface area contributed by atoms with Crippen molar-refractivity contribution in [3.05, 3.63) is 29.8 Å². The van der Waals surface area contributed by atoms with Gasteiger partial charge in [-0.25, -0.2) is 0 Å². The van der Waals surface area contributed by atoms with E-state index in [9.17, 15) is 4.79 Å². The second-order valence-corrected chi connectivity index (χ2v) is 4.33. The van der Waals surface area contributed by atoms with E-state index in [-0.39, 0.29) is 5.92 Å². The smallest absolute Gasteiger partial charge is 0.140 e. The molecule has 0 bridgehead atoms. The summed E-state index contributed by atoms with van der Waals surface area (Å²) in [6.45, 7) is 2.84. The molecule has 16 heavy (non-hydrogen) atoms. The zero-order valence-corrected chi connectivity index (χ0v) is 9.74. The van der Waals surface area contributed by atoms with E-state index in [1.807, 2.05) is 24.3 Å². The number of hydrogen-bond acceptors (Lipinski definition) is 2. The number of ketones is 1. The Kier molecular flexibility index (Phi) is 3.60. The molecule has 1 unspecified atom stereocenters. The molecule has 0 heterocycles. The molecule has 0 N–H and O–H groups in total. The molecule has 1 atom stereocenters. The van der Waals surface area contributed by atoms with Crippen LogP contribution in [0, 0.1) is 0 Å². The van der Waals surface area contributed by atoms with Crippen molar-refractivity contribution in [2.45, 2.75) is 38.5 Å². The van der Waals surface area contributed by atoms with Gasteiger partial charge in [-0.3, -0.25) is 4.79 Å². The molecule has 0 saturated heterocycles. The summed E-state index contributed by atoms with van der Waals surface area (Å²) in [6.07, 6.45) is 3.81. The predicted octanol–water partition coefficient (Wildman–Crippen LogP) is 3.31. The predicted molar refractivity (Wildman–Crippen MR) is 63.8 cm³/mol. The molecular weight excluding hydrogens is 200 g/mol. The van der Waals surface area contributed by atoms with Crippen LogP contribution in [0.4, 0.5) is 0 Å². The Labute approximate surface area is 96.6 Å². The number of Topliss-reactive ketones (excluding diaryl/α,β-unsaturated/α-hetero) is 1. The van der Waals surface area contributed by atoms with E-state index in [1.165, 1.54) is 0 Å². The molecule has 0 spiro atoms. The van der Waals surface area contributed by atoms with Gasteiger partial charge in [-0.1, -0.05) is 19.1 Å². The summed E-state index contributed by atoms with van der Waals surface area (Å²) in [6, 6.07) is 7.99. The summed E-state index contributed by atoms with van der Waals surface area (Å²) < 4.78 is 5.51. The zero-order valence-electron chi connectivity index (χ0n) is 9.74. The van der Waals surface area contributed by atoms with Gasteiger partial charge in [-0.15, -0.1) is 0 Å². The molecule has 0 amide bonds. The van der Waals surface area contributed by atoms with E-state index in [0.29, 0.717) is 5.78 Å². The molecule has 0 aromatic heterocycles. The minimum absolute atomic E-state index is 0.139. The maximum atomic E-state index is 11.6. The number of benzene rings is 1. The Bertz CT molecular complexity index is 354. The molecule has 1 saturated carbocycles. The van der Waals surface area contributed by atoms with Crippen LogP contribution in [0.15, 0.2) is 24.3 Å². The van der Waals surface area contributed by atoms with Gasteiger partial charge in [-0.05, 0) is 37.0 Å². The maximum absolute atomic E-state index is 11.6. The summed E-state index contributed by atoms with van der Waals surface area (Å²) >= 11 is 0. The third-order valence-electron chi connectivity index (χ3n) is 3.06. The van der Waals surface area contributed by atoms with Crippen molar-refractivity contribution in [2.75, 3.05) is 6.61 Å². The molecule has 86 valence electrons. The van der Waals surface area contributed by atoms with Crippen LogP contribution in [-0.4, -0.2) is 12.4 Å². The van der Waals surface area contributed by atoms with Gasteiger partial charge in [0.25, 0.3) is 0 Å². The van der Waals surface area contributed by atoms with Crippen LogP contribution in [0.2, 0.25) is 0 Å². The van der Waals surface area contributed by atoms with Crippen molar-refractivity contribution in [3.63, 3.8) is 0 Å². The molecule has 0 aliphatic heterocycles. The molecule has 1 aromatic rings. The number of carbonyl (C=O) groups excluding carboxylic acids is 1. The normalized spacial score (nSPS) is 20.1. The second-order valence-electron chi connectivity index (χ2n) is 4.33. The fourth-order valence-electron chi connectivity index (χ4n) is 2.18. The molecular formula is C14H18O2. The molecule has 1 aromatic carbocycles. The minimum Gasteiger partial charge on any atom is -0.494 e. The first-order valence-electron chi connectivity index (χ1n) is 6.06. The van der Waals surface area contributed by atoms with Crippen LogP contribution in [0.25, 0.3) is 0 Å². The Morgan fingerprint density at radius 3 is 2.62 bits per heavy atom. The van der Waals surface area contributed by atoms with E-state index in [4.69, 9.17) is 4.74 Å². The monoisotopic (exact) mass is 218 g/mol. The number of carbonyl (C=O) groups is 1. The van der Waals surface area contributed by atoms with Gasteiger partial charge in [0, 0.05) is 12.3 Å². The molecule has 1 fully saturated rings. The number of hydrogen-bond donors (Lipinski definition) is 0. The zero-order chi connectivity index (χ0) is 11.4. The van der Waals surface area contributed by atoms with Crippen molar-refractivity contribution < 1.29 is 9.53 Å². The SMILES string of the molecule is CCCOc1ccc(C2CCCC2=O)cc1. The lowest BCUT2D eigenvalue weighted by atomic mass is 9.97. The Balaban J connectivity index is 2.04. The van der Waals surface area contributed by atoms with Gasteiger partial charge in [0.1, 0.15) is 11.5 Å². The highest BCUT2D eigenvalue weighted by Crippen LogP contribution is 2.31. The molecule has 1 aliphatic carbocycles. The summed E-state index contributed by atoms with van der Waals surface area (Å²) in [4.78, 5) is 11.6. The fraction of sp³-hybridized carbons (Fsp3) is 0.500. The summed E-state index contributed by atoms with van der Waals surface area (Å²) in [7, 11) is 0. The van der Waals surface area contributed by atoms with E-state index in [2.05, 4.69) is 6.92 Å². The highest BCUT2D eigenvalue weighted by molar-refractivity contribution is 5.87. The van der Waals surface area contributed by atoms with Crippen LogP contribution < -0.4 is 4.74 Å². The Morgan fingerprint density at radius 1 is 1.31 bits per heavy atom. The first kappa shape index (κ1) is 11.2. The lowest BCUT2D eigenvalue weighted by Crippen LogP contribution is -2.04. The third kappa shape index (κ3) is 2.43. The third-order valence-corrected chi connectivity index (χ3v) is 3.06. The Morgan fingerprint density at radius 2 is 2.06 bits per heavy atom. The minimum atomic E-state index is 0.139. The van der Waals surface area contributed by atoms with Crippen LogP contribution in [0.1, 0.15) is 44.1 Å². The summed E-state index contributed by atoms with van der Waals surface area (Å²) in [5.41, 5.74) is 1.14. The van der Waals surface area contributed by atoms with E-state index in [0.717, 1.165) is 43.6 Å². The lowest BCUT2D eigenvalue weighted by Gasteiger charge is -2.09. The van der Waals surface area contributed by atoms with E-state index >= 15 is 0 Å². The number of rotatable bonds is 4. The van der Waals surface area contributed by atoms with Crippen LogP contribution >= 0.6 is 0 Å². The van der Waals surface area contributed by atoms with E-state index in [1.54, 1.807) is 0 Å². The molecule has 2 nitrogen and oxygen atoms in total. The highest BCUT2D eigenvalue weighted by Gasteiger charge is 2.25. The van der Waals surface area contributed by atoms with Crippen LogP contribution in [-0.2, 0) is 4.79 Å². The van der Waals surface area contributed by atoms with Crippen LogP contribution in [0.5, 0.6) is 5.75 Å². The molecule has 2 rings (SSSR count). The first-order valence-corrected chi connectivity index (χ1v) is 6.06. The van der Waals surface area contributed by atoms with Crippen molar-refractivity contribution in [1.82, 2.24) is 0 Å². The quantitative estimate of drug-likeness (QED) is 0.775. The average Bonchev–Trinajstić information content (AvgIpc) is 2.74. The largest absolute Gasteiger partial charge is 0.494 e. The van der Waals surface area contributed by atoms with Gasteiger partial charge in [0.2, 0.25) is 0 Å². The van der Waals surface area contributed by atoms with Crippen molar-refractivity contribution >= 4 is 5.78 Å². The molecule has 2 heteroatoms. The molecule has 1 aliphatic rings. The molecule has 0 radical (unpaired) electrons. The highest BCUT2D eigenvalue weighted by atomic mass is 16.5. The van der Waals surface area contributed by atoms with Gasteiger partial charge in [-0.2, -0.15) is 0 Å². The van der Waals surface area contributed by atoms with Gasteiger partial charge < -0.3 is 4.74 Å². The average molecular weight is 218 g/mol. The van der Waals surface area contributed by atoms with Gasteiger partial charge in [0.05, 0.1) is 6.61 Å².